The number of aromatic amines is 2. The number of halogens is 2. The van der Waals surface area contributed by atoms with Gasteiger partial charge in [-0.2, -0.15) is 5.10 Å². The molecular weight excluding hydrogens is 535 g/mol. The van der Waals surface area contributed by atoms with Crippen molar-refractivity contribution >= 4 is 34.1 Å². The highest BCUT2D eigenvalue weighted by Crippen LogP contribution is 2.60. The number of imidazole rings is 1. The Bertz CT molecular complexity index is 2000. The summed E-state index contributed by atoms with van der Waals surface area (Å²) in [6.07, 6.45) is 4.48. The summed E-state index contributed by atoms with van der Waals surface area (Å²) in [5.74, 6) is 1.43. The lowest BCUT2D eigenvalue weighted by atomic mass is 10.0. The Morgan fingerprint density at radius 2 is 1.95 bits per heavy atom. The molecule has 6 aromatic rings. The van der Waals surface area contributed by atoms with Crippen molar-refractivity contribution in [3.63, 3.8) is 0 Å². The van der Waals surface area contributed by atoms with E-state index in [1.165, 1.54) is 0 Å². The minimum absolute atomic E-state index is 0.0754. The van der Waals surface area contributed by atoms with Gasteiger partial charge in [-0.05, 0) is 55.2 Å². The molecule has 192 valence electrons. The van der Waals surface area contributed by atoms with Crippen LogP contribution >= 0.6 is 23.2 Å². The minimum atomic E-state index is -0.135. The predicted octanol–water partition coefficient (Wildman–Crippen LogP) is 5.68. The first-order valence-electron chi connectivity index (χ1n) is 12.6. The number of aryl methyl sites for hydroxylation is 1. The van der Waals surface area contributed by atoms with Crippen molar-refractivity contribution in [2.75, 3.05) is 0 Å². The lowest BCUT2D eigenvalue weighted by Crippen LogP contribution is -2.26. The average molecular weight is 555 g/mol. The van der Waals surface area contributed by atoms with Gasteiger partial charge in [0.25, 0.3) is 5.56 Å². The molecule has 1 aliphatic heterocycles. The molecule has 8 rings (SSSR count). The van der Waals surface area contributed by atoms with E-state index in [1.807, 2.05) is 35.9 Å². The smallest absolute Gasteiger partial charge is 0.252 e. The van der Waals surface area contributed by atoms with Gasteiger partial charge in [-0.15, -0.1) is 5.10 Å². The minimum Gasteiger partial charge on any atom is -0.340 e. The fraction of sp³-hybridized carbons (Fsp3) is 0.179. The number of pyridine rings is 1. The van der Waals surface area contributed by atoms with Crippen LogP contribution in [-0.2, 0) is 0 Å². The molecule has 0 spiro atoms. The van der Waals surface area contributed by atoms with Gasteiger partial charge in [0.05, 0.1) is 35.3 Å². The van der Waals surface area contributed by atoms with Gasteiger partial charge in [0.1, 0.15) is 5.82 Å². The van der Waals surface area contributed by atoms with E-state index in [4.69, 9.17) is 28.2 Å². The molecule has 2 N–H and O–H groups in total. The van der Waals surface area contributed by atoms with Crippen LogP contribution in [0.5, 0.6) is 0 Å². The number of rotatable bonds is 4. The summed E-state index contributed by atoms with van der Waals surface area (Å²) in [5.41, 5.74) is 7.10. The average Bonchev–Trinajstić information content (AvgIpc) is 3.28. The second-order valence-electron chi connectivity index (χ2n) is 10.2. The number of H-pyrrole nitrogens is 2. The summed E-state index contributed by atoms with van der Waals surface area (Å²) in [4.78, 5) is 21.9. The molecule has 11 heteroatoms. The normalized spacial score (nSPS) is 19.4. The number of benzene rings is 2. The van der Waals surface area contributed by atoms with Crippen LogP contribution in [0.2, 0.25) is 10.2 Å². The van der Waals surface area contributed by atoms with Gasteiger partial charge < -0.3 is 9.55 Å². The number of hydrogen-bond acceptors (Lipinski definition) is 5. The molecule has 9 nitrogen and oxygen atoms in total. The first-order chi connectivity index (χ1) is 18.9. The monoisotopic (exact) mass is 554 g/mol. The van der Waals surface area contributed by atoms with Crippen molar-refractivity contribution in [1.29, 1.82) is 0 Å². The van der Waals surface area contributed by atoms with Crippen LogP contribution < -0.4 is 5.56 Å². The van der Waals surface area contributed by atoms with Gasteiger partial charge in [-0.1, -0.05) is 40.5 Å². The van der Waals surface area contributed by atoms with Crippen LogP contribution in [0.1, 0.15) is 35.6 Å². The van der Waals surface area contributed by atoms with Gasteiger partial charge in [0.2, 0.25) is 0 Å². The van der Waals surface area contributed by atoms with Crippen molar-refractivity contribution in [2.24, 2.45) is 5.92 Å². The zero-order valence-electron chi connectivity index (χ0n) is 20.6. The van der Waals surface area contributed by atoms with Crippen LogP contribution in [0.25, 0.3) is 39.0 Å². The zero-order valence-corrected chi connectivity index (χ0v) is 22.1. The lowest BCUT2D eigenvalue weighted by Gasteiger charge is -2.18. The quantitative estimate of drug-likeness (QED) is 0.291. The molecule has 1 saturated carbocycles. The molecule has 3 unspecified atom stereocenters. The van der Waals surface area contributed by atoms with Crippen LogP contribution in [-0.4, -0.2) is 39.7 Å². The molecular formula is C28H20Cl2N8O. The summed E-state index contributed by atoms with van der Waals surface area (Å²) >= 11 is 12.4. The van der Waals surface area contributed by atoms with Gasteiger partial charge in [0, 0.05) is 44.9 Å². The zero-order chi connectivity index (χ0) is 26.4. The molecule has 0 bridgehead atoms. The Morgan fingerprint density at radius 3 is 2.79 bits per heavy atom. The lowest BCUT2D eigenvalue weighted by molar-refractivity contribution is 0.515. The second kappa shape index (κ2) is 8.14. The molecule has 0 radical (unpaired) electrons. The van der Waals surface area contributed by atoms with Crippen molar-refractivity contribution in [3.05, 3.63) is 98.7 Å². The topological polar surface area (TPSA) is 110 Å². The van der Waals surface area contributed by atoms with Crippen molar-refractivity contribution in [2.45, 2.75) is 25.3 Å². The van der Waals surface area contributed by atoms with Gasteiger partial charge in [-0.3, -0.25) is 9.89 Å². The highest BCUT2D eigenvalue weighted by atomic mass is 35.5. The molecule has 2 aromatic carbocycles. The molecule has 0 amide bonds. The van der Waals surface area contributed by atoms with Crippen molar-refractivity contribution in [1.82, 2.24) is 39.7 Å². The summed E-state index contributed by atoms with van der Waals surface area (Å²) in [6, 6.07) is 15.3. The Morgan fingerprint density at radius 1 is 1.05 bits per heavy atom. The summed E-state index contributed by atoms with van der Waals surface area (Å²) in [5, 5.41) is 17.4. The number of hydrogen-bond donors (Lipinski definition) is 2. The maximum absolute atomic E-state index is 13.6. The second-order valence-corrected chi connectivity index (χ2v) is 11.1. The van der Waals surface area contributed by atoms with Gasteiger partial charge >= 0.3 is 0 Å². The third kappa shape index (κ3) is 3.50. The summed E-state index contributed by atoms with van der Waals surface area (Å²) in [6.45, 7) is 2.01. The third-order valence-electron chi connectivity index (χ3n) is 7.92. The number of nitrogens with zero attached hydrogens (tertiary/aromatic N) is 6. The van der Waals surface area contributed by atoms with Crippen LogP contribution in [0.3, 0.4) is 0 Å². The first-order valence-corrected chi connectivity index (χ1v) is 13.3. The third-order valence-corrected chi connectivity index (χ3v) is 8.32. The van der Waals surface area contributed by atoms with E-state index in [0.717, 1.165) is 62.6 Å². The van der Waals surface area contributed by atoms with E-state index < -0.39 is 0 Å². The van der Waals surface area contributed by atoms with E-state index in [9.17, 15) is 4.79 Å². The van der Waals surface area contributed by atoms with Crippen molar-refractivity contribution < 1.29 is 0 Å². The largest absolute Gasteiger partial charge is 0.340 e. The van der Waals surface area contributed by atoms with E-state index in [0.29, 0.717) is 16.9 Å². The van der Waals surface area contributed by atoms with Crippen LogP contribution in [0.15, 0.2) is 65.7 Å². The molecule has 4 aromatic heterocycles. The van der Waals surface area contributed by atoms with Gasteiger partial charge in [0.15, 0.2) is 5.15 Å². The Kier molecular flexibility index (Phi) is 4.75. The molecule has 39 heavy (non-hydrogen) atoms. The number of aromatic nitrogens is 8. The van der Waals surface area contributed by atoms with Gasteiger partial charge in [-0.25, -0.2) is 9.67 Å². The fourth-order valence-corrected chi connectivity index (χ4v) is 6.30. The summed E-state index contributed by atoms with van der Waals surface area (Å²) < 4.78 is 3.48. The van der Waals surface area contributed by atoms with E-state index in [-0.39, 0.29) is 16.8 Å². The number of fused-ring (bicyclic) bond motifs is 4. The highest BCUT2D eigenvalue weighted by Gasteiger charge is 2.54. The fourth-order valence-electron chi connectivity index (χ4n) is 6.01. The maximum atomic E-state index is 13.6. The predicted molar refractivity (Wildman–Crippen MR) is 148 cm³/mol. The van der Waals surface area contributed by atoms with E-state index in [2.05, 4.69) is 43.7 Å². The van der Waals surface area contributed by atoms with E-state index >= 15 is 0 Å². The van der Waals surface area contributed by atoms with Crippen molar-refractivity contribution in [3.8, 4) is 28.1 Å². The van der Waals surface area contributed by atoms with Crippen LogP contribution in [0, 0.1) is 12.8 Å². The molecule has 5 heterocycles. The Hall–Kier alpha value is -4.21. The Balaban J connectivity index is 1.19. The molecule has 1 aliphatic carbocycles. The Labute approximate surface area is 231 Å². The number of nitrogens with one attached hydrogen (secondary N) is 2. The molecule has 3 atom stereocenters. The SMILES string of the molecule is Cc1[nH]nc2cc(-c3cnc(C4C5CC5c5cc(-c6cc(Cl)ccc6-n6cc(Cl)nn6)cc(=O)n54)[nH]3)ccc12. The molecule has 1 fully saturated rings. The standard InChI is InChI=1S/C28H20Cl2N8O/c1-13-17-4-2-14(6-21(17)34-33-13)22-11-31-28(32-22)27-20-10-19(20)24-7-15(8-26(39)38(24)27)18-9-16(29)3-5-23(18)37-12-25(30)35-36-37/h2-9,11-12,19-20,27H,10H2,1H3,(H,31,32)(H,33,34). The summed E-state index contributed by atoms with van der Waals surface area (Å²) in [7, 11) is 0. The molecule has 2 aliphatic rings. The maximum Gasteiger partial charge on any atom is 0.252 e. The first kappa shape index (κ1) is 22.7. The van der Waals surface area contributed by atoms with E-state index in [1.54, 1.807) is 23.0 Å². The molecule has 0 saturated heterocycles. The highest BCUT2D eigenvalue weighted by molar-refractivity contribution is 6.31. The van der Waals surface area contributed by atoms with Crippen LogP contribution in [0.4, 0.5) is 0 Å².